The van der Waals surface area contributed by atoms with Crippen molar-refractivity contribution < 1.29 is 22.7 Å². The maximum Gasteiger partial charge on any atom is 0.355 e. The average molecular weight is 563 g/mol. The van der Waals surface area contributed by atoms with Gasteiger partial charge in [0.25, 0.3) is 0 Å². The Balaban J connectivity index is 1.61. The third kappa shape index (κ3) is 5.51. The number of carbonyl (C=O) groups is 1. The molecule has 0 aliphatic heterocycles. The summed E-state index contributed by atoms with van der Waals surface area (Å²) in [5.74, 6) is -1.40. The van der Waals surface area contributed by atoms with E-state index in [0.29, 0.717) is 22.8 Å². The molecule has 3 N–H and O–H groups in total. The summed E-state index contributed by atoms with van der Waals surface area (Å²) >= 11 is 1.16. The molecule has 0 spiro atoms. The molecule has 0 saturated carbocycles. The Morgan fingerprint density at radius 3 is 2.38 bits per heavy atom. The lowest BCUT2D eigenvalue weighted by atomic mass is 9.94. The smallest absolute Gasteiger partial charge is 0.355 e. The van der Waals surface area contributed by atoms with Gasteiger partial charge in [0.1, 0.15) is 5.82 Å². The summed E-state index contributed by atoms with van der Waals surface area (Å²) in [7, 11) is -3.82. The molecule has 5 rings (SSSR count). The number of primary sulfonamides is 1. The highest BCUT2D eigenvalue weighted by molar-refractivity contribution is 7.89. The molecule has 0 saturated heterocycles. The second kappa shape index (κ2) is 10.2. The van der Waals surface area contributed by atoms with Crippen molar-refractivity contribution in [2.45, 2.75) is 25.2 Å². The van der Waals surface area contributed by atoms with Crippen LogP contribution in [0.5, 0.6) is 0 Å². The molecule has 0 atom stereocenters. The number of sulfonamides is 1. The molecular weight excluding hydrogens is 539 g/mol. The van der Waals surface area contributed by atoms with E-state index in [1.165, 1.54) is 23.6 Å². The van der Waals surface area contributed by atoms with Gasteiger partial charge >= 0.3 is 5.97 Å². The molecule has 2 heterocycles. The predicted octanol–water partition coefficient (Wildman–Crippen LogP) is 5.36. The normalized spacial score (nSPS) is 11.6. The molecule has 5 aromatic rings. The van der Waals surface area contributed by atoms with E-state index in [-0.39, 0.29) is 16.4 Å². The van der Waals surface area contributed by atoms with Gasteiger partial charge in [0.2, 0.25) is 15.2 Å². The zero-order valence-electron chi connectivity index (χ0n) is 20.9. The number of aromatic carboxylic acids is 1. The third-order valence-electron chi connectivity index (χ3n) is 6.32. The van der Waals surface area contributed by atoms with Crippen molar-refractivity contribution in [2.24, 2.45) is 5.14 Å². The lowest BCUT2D eigenvalue weighted by molar-refractivity contribution is 0.0691. The predicted molar refractivity (Wildman–Crippen MR) is 147 cm³/mol. The first kappa shape index (κ1) is 26.4. The van der Waals surface area contributed by atoms with Gasteiger partial charge in [-0.15, -0.1) is 11.3 Å². The second-order valence-electron chi connectivity index (χ2n) is 9.13. The molecule has 0 amide bonds. The summed E-state index contributed by atoms with van der Waals surface area (Å²) in [6.07, 6.45) is 2.20. The highest BCUT2D eigenvalue weighted by Crippen LogP contribution is 2.33. The summed E-state index contributed by atoms with van der Waals surface area (Å²) in [5, 5.41) is 21.1. The Labute approximate surface area is 228 Å². The number of aromatic nitrogens is 3. The first-order valence-corrected chi connectivity index (χ1v) is 14.2. The molecule has 8 nitrogen and oxygen atoms in total. The van der Waals surface area contributed by atoms with Crippen LogP contribution in [0, 0.1) is 19.7 Å². The Kier molecular flexibility index (Phi) is 6.89. The minimum absolute atomic E-state index is 0.0175. The zero-order valence-corrected chi connectivity index (χ0v) is 22.6. The minimum atomic E-state index is -3.82. The fourth-order valence-corrected chi connectivity index (χ4v) is 5.50. The van der Waals surface area contributed by atoms with Crippen LogP contribution in [0.2, 0.25) is 0 Å². The maximum absolute atomic E-state index is 13.9. The molecule has 3 aromatic carbocycles. The fraction of sp³-hybridized carbons (Fsp3) is 0.107. The molecule has 39 heavy (non-hydrogen) atoms. The number of halogens is 1. The standard InChI is InChI=1S/C28H23FN4O4S2/c1-16-3-6-20(13-23(16)19-7-10-24(29)17(2)11-19)26-21(12-18-4-8-22(9-5-18)39(30,36)37)14-33(32-26)28-31-25(15-38-28)27(34)35/h3-11,13-15H,12H2,1-2H3,(H,34,35)(H2,30,36,37). The van der Waals surface area contributed by atoms with Crippen LogP contribution in [0.15, 0.2) is 77.1 Å². The van der Waals surface area contributed by atoms with E-state index in [1.807, 2.05) is 25.1 Å². The van der Waals surface area contributed by atoms with Crippen LogP contribution in [0.4, 0.5) is 4.39 Å². The Morgan fingerprint density at radius 1 is 1.03 bits per heavy atom. The van der Waals surface area contributed by atoms with E-state index < -0.39 is 16.0 Å². The quantitative estimate of drug-likeness (QED) is 0.275. The van der Waals surface area contributed by atoms with E-state index in [2.05, 4.69) is 4.98 Å². The first-order chi connectivity index (χ1) is 18.5. The Morgan fingerprint density at radius 2 is 1.74 bits per heavy atom. The summed E-state index contributed by atoms with van der Waals surface area (Å²) in [4.78, 5) is 15.6. The number of aryl methyl sites for hydroxylation is 2. The minimum Gasteiger partial charge on any atom is -0.476 e. The fourth-order valence-electron chi connectivity index (χ4n) is 4.26. The largest absolute Gasteiger partial charge is 0.476 e. The van der Waals surface area contributed by atoms with Gasteiger partial charge < -0.3 is 5.11 Å². The molecule has 0 aliphatic carbocycles. The van der Waals surface area contributed by atoms with Crippen molar-refractivity contribution in [2.75, 3.05) is 0 Å². The summed E-state index contributed by atoms with van der Waals surface area (Å²) in [6, 6.07) is 17.2. The van der Waals surface area contributed by atoms with Crippen molar-refractivity contribution in [1.82, 2.24) is 14.8 Å². The molecule has 198 valence electrons. The molecule has 0 aliphatic rings. The first-order valence-electron chi connectivity index (χ1n) is 11.8. The summed E-state index contributed by atoms with van der Waals surface area (Å²) < 4.78 is 38.8. The number of hydrogen-bond acceptors (Lipinski definition) is 6. The monoisotopic (exact) mass is 562 g/mol. The van der Waals surface area contributed by atoms with Crippen LogP contribution in [0.3, 0.4) is 0 Å². The SMILES string of the molecule is Cc1cc(-c2cc(-c3nn(-c4nc(C(=O)O)cs4)cc3Cc3ccc(S(N)(=O)=O)cc3)ccc2C)ccc1F. The van der Waals surface area contributed by atoms with Crippen LogP contribution in [0.25, 0.3) is 27.5 Å². The highest BCUT2D eigenvalue weighted by Gasteiger charge is 2.18. The van der Waals surface area contributed by atoms with E-state index >= 15 is 0 Å². The van der Waals surface area contributed by atoms with E-state index in [4.69, 9.17) is 10.2 Å². The van der Waals surface area contributed by atoms with Gasteiger partial charge in [-0.1, -0.05) is 30.3 Å². The summed E-state index contributed by atoms with van der Waals surface area (Å²) in [6.45, 7) is 3.70. The molecule has 0 unspecified atom stereocenters. The van der Waals surface area contributed by atoms with Crippen molar-refractivity contribution in [3.05, 3.63) is 106 Å². The van der Waals surface area contributed by atoms with E-state index in [0.717, 1.165) is 44.7 Å². The van der Waals surface area contributed by atoms with Crippen LogP contribution >= 0.6 is 11.3 Å². The van der Waals surface area contributed by atoms with Gasteiger partial charge in [-0.05, 0) is 72.0 Å². The van der Waals surface area contributed by atoms with Gasteiger partial charge in [-0.2, -0.15) is 5.10 Å². The van der Waals surface area contributed by atoms with Crippen LogP contribution in [0.1, 0.15) is 32.7 Å². The van der Waals surface area contributed by atoms with Crippen molar-refractivity contribution >= 4 is 27.3 Å². The maximum atomic E-state index is 13.9. The molecule has 0 bridgehead atoms. The second-order valence-corrected chi connectivity index (χ2v) is 11.5. The van der Waals surface area contributed by atoms with Crippen LogP contribution < -0.4 is 5.14 Å². The van der Waals surface area contributed by atoms with Gasteiger partial charge in [0, 0.05) is 29.1 Å². The van der Waals surface area contributed by atoms with Crippen molar-refractivity contribution in [3.8, 4) is 27.5 Å². The van der Waals surface area contributed by atoms with Crippen molar-refractivity contribution in [1.29, 1.82) is 0 Å². The number of nitrogens with zero attached hydrogens (tertiary/aromatic N) is 3. The topological polar surface area (TPSA) is 128 Å². The number of nitrogens with two attached hydrogens (primary N) is 1. The lowest BCUT2D eigenvalue weighted by Crippen LogP contribution is -2.11. The molecule has 0 fully saturated rings. The molecule has 11 heteroatoms. The van der Waals surface area contributed by atoms with Gasteiger partial charge in [0.05, 0.1) is 10.6 Å². The van der Waals surface area contributed by atoms with Gasteiger partial charge in [-0.25, -0.2) is 32.4 Å². The lowest BCUT2D eigenvalue weighted by Gasteiger charge is -2.11. The molecular formula is C28H23FN4O4S2. The Bertz CT molecular complexity index is 1830. The number of carboxylic acids is 1. The Hall–Kier alpha value is -4.19. The third-order valence-corrected chi connectivity index (χ3v) is 8.08. The summed E-state index contributed by atoms with van der Waals surface area (Å²) in [5.41, 5.74) is 6.38. The van der Waals surface area contributed by atoms with E-state index in [1.54, 1.807) is 42.1 Å². The van der Waals surface area contributed by atoms with Crippen molar-refractivity contribution in [3.63, 3.8) is 0 Å². The molecule has 2 aromatic heterocycles. The van der Waals surface area contributed by atoms with E-state index in [9.17, 15) is 22.7 Å². The number of rotatable bonds is 7. The number of thiazole rings is 1. The molecule has 0 radical (unpaired) electrons. The number of carboxylic acid groups (broad SMARTS) is 1. The van der Waals surface area contributed by atoms with Gasteiger partial charge in [0.15, 0.2) is 5.69 Å². The number of benzene rings is 3. The number of hydrogen-bond donors (Lipinski definition) is 2. The van der Waals surface area contributed by atoms with Crippen LogP contribution in [-0.2, 0) is 16.4 Å². The zero-order chi connectivity index (χ0) is 27.9. The van der Waals surface area contributed by atoms with Gasteiger partial charge in [-0.3, -0.25) is 0 Å². The average Bonchev–Trinajstić information content (AvgIpc) is 3.54. The highest BCUT2D eigenvalue weighted by atomic mass is 32.2. The van der Waals surface area contributed by atoms with Crippen LogP contribution in [-0.4, -0.2) is 34.3 Å².